The second-order valence-corrected chi connectivity index (χ2v) is 8.46. The molecule has 174 valence electrons. The second kappa shape index (κ2) is 10.2. The van der Waals surface area contributed by atoms with Crippen molar-refractivity contribution < 1.29 is 13.6 Å². The first-order valence-electron chi connectivity index (χ1n) is 10.5. The van der Waals surface area contributed by atoms with Gasteiger partial charge in [-0.15, -0.1) is 0 Å². The van der Waals surface area contributed by atoms with Crippen LogP contribution in [0.5, 0.6) is 0 Å². The summed E-state index contributed by atoms with van der Waals surface area (Å²) in [6.07, 6.45) is 2.30. The molecule has 4 aromatic rings. The van der Waals surface area contributed by atoms with Crippen LogP contribution in [0.4, 0.5) is 14.6 Å². The summed E-state index contributed by atoms with van der Waals surface area (Å²) in [5, 5.41) is 0.746. The van der Waals surface area contributed by atoms with Gasteiger partial charge in [0.25, 0.3) is 12.3 Å². The van der Waals surface area contributed by atoms with E-state index in [-0.39, 0.29) is 18.0 Å². The number of halogens is 3. The smallest absolute Gasteiger partial charge is 0.265 e. The van der Waals surface area contributed by atoms with Crippen molar-refractivity contribution in [3.05, 3.63) is 88.2 Å². The van der Waals surface area contributed by atoms with Crippen molar-refractivity contribution in [2.24, 2.45) is 0 Å². The number of carbonyl (C=O) groups excluding carboxylic acids is 1. The van der Waals surface area contributed by atoms with Gasteiger partial charge in [-0.1, -0.05) is 6.92 Å². The van der Waals surface area contributed by atoms with Gasteiger partial charge in [0.15, 0.2) is 5.82 Å². The molecule has 0 saturated heterocycles. The Balaban J connectivity index is 1.74. The molecule has 0 fully saturated rings. The van der Waals surface area contributed by atoms with Gasteiger partial charge >= 0.3 is 0 Å². The Bertz CT molecular complexity index is 1300. The first kappa shape index (κ1) is 23.6. The quantitative estimate of drug-likeness (QED) is 0.341. The van der Waals surface area contributed by atoms with E-state index < -0.39 is 12.5 Å². The van der Waals surface area contributed by atoms with Crippen LogP contribution in [0, 0.1) is 0 Å². The van der Waals surface area contributed by atoms with Crippen molar-refractivity contribution in [2.45, 2.75) is 32.4 Å². The van der Waals surface area contributed by atoms with E-state index in [2.05, 4.69) is 35.9 Å². The number of carbonyl (C=O) groups is 1. The first-order chi connectivity index (χ1) is 16.4. The number of fused-ring (bicyclic) bond motifs is 1. The maximum atomic E-state index is 13.8. The monoisotopic (exact) mass is 526 g/mol. The number of pyridine rings is 2. The van der Waals surface area contributed by atoms with Gasteiger partial charge in [0.2, 0.25) is 0 Å². The topological polar surface area (TPSA) is 97.9 Å². The molecule has 34 heavy (non-hydrogen) atoms. The van der Waals surface area contributed by atoms with Gasteiger partial charge in [0.05, 0.1) is 28.3 Å². The number of nitrogen functional groups attached to an aromatic ring is 1. The fourth-order valence-corrected chi connectivity index (χ4v) is 3.98. The zero-order valence-corrected chi connectivity index (χ0v) is 19.8. The Labute approximate surface area is 203 Å². The van der Waals surface area contributed by atoms with Gasteiger partial charge in [-0.25, -0.2) is 23.7 Å². The van der Waals surface area contributed by atoms with Crippen molar-refractivity contribution >= 4 is 38.6 Å². The third kappa shape index (κ3) is 5.01. The Morgan fingerprint density at radius 1 is 1.12 bits per heavy atom. The summed E-state index contributed by atoms with van der Waals surface area (Å²) in [6, 6.07) is 11.0. The Morgan fingerprint density at radius 3 is 2.53 bits per heavy atom. The molecule has 10 heteroatoms. The Hall–Kier alpha value is -3.53. The molecule has 0 spiro atoms. The molecule has 0 aliphatic rings. The van der Waals surface area contributed by atoms with Crippen molar-refractivity contribution in [1.82, 2.24) is 24.8 Å². The van der Waals surface area contributed by atoms with Gasteiger partial charge in [0.1, 0.15) is 5.82 Å². The minimum atomic E-state index is -2.61. The number of rotatable bonds is 7. The van der Waals surface area contributed by atoms with Crippen molar-refractivity contribution in [1.29, 1.82) is 0 Å². The third-order valence-corrected chi connectivity index (χ3v) is 6.02. The zero-order chi connectivity index (χ0) is 24.2. The van der Waals surface area contributed by atoms with E-state index in [4.69, 9.17) is 5.73 Å². The summed E-state index contributed by atoms with van der Waals surface area (Å²) in [5.74, 6) is 0.577. The lowest BCUT2D eigenvalue weighted by Gasteiger charge is -2.30. The van der Waals surface area contributed by atoms with Crippen LogP contribution in [-0.4, -0.2) is 30.7 Å². The van der Waals surface area contributed by atoms with Gasteiger partial charge in [-0.2, -0.15) is 0 Å². The lowest BCUT2D eigenvalue weighted by atomic mass is 10.1. The largest absolute Gasteiger partial charge is 0.383 e. The number of nitrogens with two attached hydrogens (primary N) is 1. The number of anilines is 1. The molecule has 4 rings (SSSR count). The standard InChI is InChI=1S/C24H21BrF2N6O/c1-2-20(23-29-8-3-9-30-23)33(13-17-6-4-15(12-31-17)21(26)27)24(34)14-5-7-19-16(10-14)11-18(25)22(28)32-19/h3-12,20-21H,2,13H2,1H3,(H2,28,32). The maximum Gasteiger partial charge on any atom is 0.265 e. The number of benzene rings is 1. The summed E-state index contributed by atoms with van der Waals surface area (Å²) in [7, 11) is 0. The lowest BCUT2D eigenvalue weighted by Crippen LogP contribution is -2.35. The molecule has 0 aliphatic carbocycles. The van der Waals surface area contributed by atoms with Crippen molar-refractivity contribution in [3.63, 3.8) is 0 Å². The SMILES string of the molecule is CCC(c1ncccn1)N(Cc1ccc(C(F)F)cn1)C(=O)c1ccc2nc(N)c(Br)cc2c1. The molecule has 1 unspecified atom stereocenters. The molecule has 0 saturated carbocycles. The molecule has 1 aromatic carbocycles. The van der Waals surface area contributed by atoms with E-state index in [9.17, 15) is 13.6 Å². The number of hydrogen-bond acceptors (Lipinski definition) is 6. The van der Waals surface area contributed by atoms with Crippen LogP contribution in [0.15, 0.2) is 65.5 Å². The summed E-state index contributed by atoms with van der Waals surface area (Å²) < 4.78 is 26.6. The van der Waals surface area contributed by atoms with E-state index in [1.54, 1.807) is 47.6 Å². The van der Waals surface area contributed by atoms with Crippen LogP contribution in [0.1, 0.15) is 53.3 Å². The average Bonchev–Trinajstić information content (AvgIpc) is 2.85. The molecule has 3 heterocycles. The summed E-state index contributed by atoms with van der Waals surface area (Å²) in [5.41, 5.74) is 7.26. The lowest BCUT2D eigenvalue weighted by molar-refractivity contribution is 0.0640. The van der Waals surface area contributed by atoms with Gasteiger partial charge in [0, 0.05) is 35.1 Å². The normalized spacial score (nSPS) is 12.1. The summed E-state index contributed by atoms with van der Waals surface area (Å²) >= 11 is 3.37. The van der Waals surface area contributed by atoms with Crippen LogP contribution < -0.4 is 5.73 Å². The number of hydrogen-bond donors (Lipinski definition) is 1. The van der Waals surface area contributed by atoms with E-state index in [1.807, 2.05) is 6.92 Å². The summed E-state index contributed by atoms with van der Waals surface area (Å²) in [6.45, 7) is 2.03. The minimum absolute atomic E-state index is 0.0980. The average molecular weight is 527 g/mol. The van der Waals surface area contributed by atoms with Gasteiger partial charge < -0.3 is 10.6 Å². The van der Waals surface area contributed by atoms with E-state index in [0.717, 1.165) is 11.6 Å². The molecule has 3 aromatic heterocycles. The number of amides is 1. The molecule has 1 atom stereocenters. The maximum absolute atomic E-state index is 13.8. The highest BCUT2D eigenvalue weighted by Gasteiger charge is 2.28. The number of alkyl halides is 2. The van der Waals surface area contributed by atoms with Crippen molar-refractivity contribution in [2.75, 3.05) is 5.73 Å². The van der Waals surface area contributed by atoms with E-state index in [0.29, 0.717) is 39.3 Å². The van der Waals surface area contributed by atoms with Crippen LogP contribution in [-0.2, 0) is 6.54 Å². The minimum Gasteiger partial charge on any atom is -0.383 e. The predicted octanol–water partition coefficient (Wildman–Crippen LogP) is 5.50. The number of aromatic nitrogens is 4. The van der Waals surface area contributed by atoms with E-state index in [1.165, 1.54) is 12.1 Å². The first-order valence-corrected chi connectivity index (χ1v) is 11.3. The Morgan fingerprint density at radius 2 is 1.88 bits per heavy atom. The molecular weight excluding hydrogens is 506 g/mol. The summed E-state index contributed by atoms with van der Waals surface area (Å²) in [4.78, 5) is 32.5. The predicted molar refractivity (Wildman–Crippen MR) is 128 cm³/mol. The third-order valence-electron chi connectivity index (χ3n) is 5.38. The molecule has 0 radical (unpaired) electrons. The van der Waals surface area contributed by atoms with Crippen LogP contribution in [0.3, 0.4) is 0 Å². The van der Waals surface area contributed by atoms with Gasteiger partial charge in [-0.05, 0) is 64.8 Å². The van der Waals surface area contributed by atoms with Crippen LogP contribution in [0.2, 0.25) is 0 Å². The molecular formula is C24H21BrF2N6O. The Kier molecular flexibility index (Phi) is 7.06. The van der Waals surface area contributed by atoms with Gasteiger partial charge in [-0.3, -0.25) is 9.78 Å². The van der Waals surface area contributed by atoms with Crippen molar-refractivity contribution in [3.8, 4) is 0 Å². The fourth-order valence-electron chi connectivity index (χ4n) is 3.65. The number of nitrogens with zero attached hydrogens (tertiary/aromatic N) is 5. The molecule has 0 bridgehead atoms. The molecule has 2 N–H and O–H groups in total. The van der Waals surface area contributed by atoms with Crippen LogP contribution in [0.25, 0.3) is 10.9 Å². The molecule has 0 aliphatic heterocycles. The highest BCUT2D eigenvalue weighted by atomic mass is 79.9. The highest BCUT2D eigenvalue weighted by molar-refractivity contribution is 9.10. The zero-order valence-electron chi connectivity index (χ0n) is 18.2. The van der Waals surface area contributed by atoms with Crippen LogP contribution >= 0.6 is 15.9 Å². The molecule has 1 amide bonds. The highest BCUT2D eigenvalue weighted by Crippen LogP contribution is 2.28. The molecule has 7 nitrogen and oxygen atoms in total. The fraction of sp³-hybridized carbons (Fsp3) is 0.208. The van der Waals surface area contributed by atoms with E-state index >= 15 is 0 Å². The second-order valence-electron chi connectivity index (χ2n) is 7.61.